The summed E-state index contributed by atoms with van der Waals surface area (Å²) in [5, 5.41) is 12.9. The van der Waals surface area contributed by atoms with E-state index >= 15 is 0 Å². The van der Waals surface area contributed by atoms with Crippen molar-refractivity contribution in [3.8, 4) is 0 Å². The minimum Gasteiger partial charge on any atom is -0.393 e. The first-order valence-electron chi connectivity index (χ1n) is 6.68. The van der Waals surface area contributed by atoms with Gasteiger partial charge in [0.2, 0.25) is 0 Å². The molecule has 1 aromatic rings. The molecule has 1 fully saturated rings. The molecule has 1 saturated heterocycles. The van der Waals surface area contributed by atoms with Crippen LogP contribution in [0.25, 0.3) is 0 Å². The van der Waals surface area contributed by atoms with Gasteiger partial charge < -0.3 is 15.3 Å². The van der Waals surface area contributed by atoms with Crippen LogP contribution in [0.5, 0.6) is 0 Å². The minimum atomic E-state index is -0.233. The number of aliphatic hydroxyl groups excluding tert-OH is 1. The van der Waals surface area contributed by atoms with Crippen molar-refractivity contribution in [3.63, 3.8) is 0 Å². The van der Waals surface area contributed by atoms with Crippen molar-refractivity contribution < 1.29 is 5.11 Å². The number of hydrogen-bond donors (Lipinski definition) is 2. The quantitative estimate of drug-likeness (QED) is 0.850. The van der Waals surface area contributed by atoms with Crippen molar-refractivity contribution in [1.29, 1.82) is 0 Å². The molecule has 2 heterocycles. The first-order valence-corrected chi connectivity index (χ1v) is 6.68. The van der Waals surface area contributed by atoms with Crippen LogP contribution < -0.4 is 10.2 Å². The second-order valence-corrected chi connectivity index (χ2v) is 5.16. The van der Waals surface area contributed by atoms with Gasteiger partial charge in [-0.1, -0.05) is 6.07 Å². The molecular formula is C14H23N3O. The largest absolute Gasteiger partial charge is 0.393 e. The van der Waals surface area contributed by atoms with Crippen LogP contribution in [0, 0.1) is 5.92 Å². The van der Waals surface area contributed by atoms with E-state index in [4.69, 9.17) is 0 Å². The summed E-state index contributed by atoms with van der Waals surface area (Å²) in [6.07, 6.45) is 2.65. The molecule has 0 amide bonds. The Morgan fingerprint density at radius 1 is 1.50 bits per heavy atom. The molecule has 0 spiro atoms. The second kappa shape index (κ2) is 5.67. The number of anilines is 1. The Morgan fingerprint density at radius 3 is 2.89 bits per heavy atom. The molecule has 0 radical (unpaired) electrons. The molecule has 2 rings (SSSR count). The monoisotopic (exact) mass is 249 g/mol. The zero-order valence-electron chi connectivity index (χ0n) is 11.4. The zero-order valence-corrected chi connectivity index (χ0v) is 11.4. The Hall–Kier alpha value is -1.13. The standard InChI is InChI=1S/C14H23N3O/c1-10(15-3)13-5-4-7-16-14(13)17-8-6-12(9-17)11(2)18/h4-5,7,10-12,15,18H,6,8-9H2,1-3H3. The topological polar surface area (TPSA) is 48.4 Å². The Morgan fingerprint density at radius 2 is 2.28 bits per heavy atom. The first-order chi connectivity index (χ1) is 8.63. The van der Waals surface area contributed by atoms with Gasteiger partial charge in [0.1, 0.15) is 5.82 Å². The lowest BCUT2D eigenvalue weighted by Gasteiger charge is -2.23. The van der Waals surface area contributed by atoms with E-state index in [0.717, 1.165) is 25.3 Å². The summed E-state index contributed by atoms with van der Waals surface area (Å²) in [5.41, 5.74) is 1.23. The molecule has 2 N–H and O–H groups in total. The molecule has 0 aliphatic carbocycles. The highest BCUT2D eigenvalue weighted by Crippen LogP contribution is 2.29. The van der Waals surface area contributed by atoms with E-state index in [2.05, 4.69) is 28.2 Å². The summed E-state index contributed by atoms with van der Waals surface area (Å²) in [5.74, 6) is 1.42. The van der Waals surface area contributed by atoms with Crippen LogP contribution in [-0.2, 0) is 0 Å². The fourth-order valence-electron chi connectivity index (χ4n) is 2.54. The molecule has 0 bridgehead atoms. The van der Waals surface area contributed by atoms with Crippen molar-refractivity contribution in [2.75, 3.05) is 25.0 Å². The number of aromatic nitrogens is 1. The molecule has 100 valence electrons. The van der Waals surface area contributed by atoms with E-state index in [1.165, 1.54) is 5.56 Å². The maximum absolute atomic E-state index is 9.68. The van der Waals surface area contributed by atoms with Gasteiger partial charge in [0.25, 0.3) is 0 Å². The summed E-state index contributed by atoms with van der Waals surface area (Å²) in [4.78, 5) is 6.82. The molecule has 1 aliphatic rings. The Balaban J connectivity index is 2.19. The van der Waals surface area contributed by atoms with E-state index in [-0.39, 0.29) is 6.10 Å². The summed E-state index contributed by atoms with van der Waals surface area (Å²) in [7, 11) is 1.96. The maximum atomic E-state index is 9.68. The number of pyridine rings is 1. The Bertz CT molecular complexity index is 394. The number of hydrogen-bond acceptors (Lipinski definition) is 4. The molecular weight excluding hydrogens is 226 g/mol. The molecule has 4 nitrogen and oxygen atoms in total. The minimum absolute atomic E-state index is 0.233. The van der Waals surface area contributed by atoms with E-state index in [0.29, 0.717) is 12.0 Å². The molecule has 0 aromatic carbocycles. The van der Waals surface area contributed by atoms with Crippen molar-refractivity contribution in [3.05, 3.63) is 23.9 Å². The van der Waals surface area contributed by atoms with Crippen molar-refractivity contribution in [2.24, 2.45) is 5.92 Å². The lowest BCUT2D eigenvalue weighted by atomic mass is 10.0. The maximum Gasteiger partial charge on any atom is 0.133 e. The summed E-state index contributed by atoms with van der Waals surface area (Å²) >= 11 is 0. The van der Waals surface area contributed by atoms with Crippen LogP contribution in [0.3, 0.4) is 0 Å². The van der Waals surface area contributed by atoms with Gasteiger partial charge >= 0.3 is 0 Å². The molecule has 0 saturated carbocycles. The van der Waals surface area contributed by atoms with E-state index < -0.39 is 0 Å². The average molecular weight is 249 g/mol. The molecule has 3 atom stereocenters. The van der Waals surface area contributed by atoms with Gasteiger partial charge in [-0.3, -0.25) is 0 Å². The molecule has 18 heavy (non-hydrogen) atoms. The SMILES string of the molecule is CNC(C)c1cccnc1N1CCC(C(C)O)C1. The van der Waals surface area contributed by atoms with Crippen molar-refractivity contribution in [1.82, 2.24) is 10.3 Å². The van der Waals surface area contributed by atoms with Gasteiger partial charge in [-0.2, -0.15) is 0 Å². The molecule has 1 aliphatic heterocycles. The van der Waals surface area contributed by atoms with Gasteiger partial charge in [0, 0.05) is 36.8 Å². The molecule has 3 unspecified atom stereocenters. The highest BCUT2D eigenvalue weighted by Gasteiger charge is 2.28. The van der Waals surface area contributed by atoms with Crippen molar-refractivity contribution in [2.45, 2.75) is 32.4 Å². The summed E-state index contributed by atoms with van der Waals surface area (Å²) in [6, 6.07) is 4.40. The van der Waals surface area contributed by atoms with Crippen LogP contribution in [0.1, 0.15) is 31.9 Å². The van der Waals surface area contributed by atoms with Crippen molar-refractivity contribution >= 4 is 5.82 Å². The normalized spacial score (nSPS) is 23.1. The lowest BCUT2D eigenvalue weighted by Crippen LogP contribution is -2.27. The van der Waals surface area contributed by atoms with E-state index in [1.54, 1.807) is 0 Å². The number of nitrogens with one attached hydrogen (secondary N) is 1. The third kappa shape index (κ3) is 2.65. The Labute approximate surface area is 109 Å². The van der Waals surface area contributed by atoms with Crippen LogP contribution >= 0.6 is 0 Å². The lowest BCUT2D eigenvalue weighted by molar-refractivity contribution is 0.136. The number of nitrogens with zero attached hydrogens (tertiary/aromatic N) is 2. The first kappa shape index (κ1) is 13.3. The van der Waals surface area contributed by atoms with Crippen LogP contribution in [0.4, 0.5) is 5.82 Å². The van der Waals surface area contributed by atoms with Gasteiger partial charge in [-0.25, -0.2) is 4.98 Å². The average Bonchev–Trinajstić information content (AvgIpc) is 2.87. The fourth-order valence-corrected chi connectivity index (χ4v) is 2.54. The predicted octanol–water partition coefficient (Wildman–Crippen LogP) is 1.57. The molecule has 1 aromatic heterocycles. The number of aliphatic hydroxyl groups is 1. The van der Waals surface area contributed by atoms with Crippen LogP contribution in [0.15, 0.2) is 18.3 Å². The van der Waals surface area contributed by atoms with Gasteiger partial charge in [0.15, 0.2) is 0 Å². The highest BCUT2D eigenvalue weighted by atomic mass is 16.3. The Kier molecular flexibility index (Phi) is 4.19. The fraction of sp³-hybridized carbons (Fsp3) is 0.643. The van der Waals surface area contributed by atoms with Crippen LogP contribution in [-0.4, -0.2) is 36.3 Å². The van der Waals surface area contributed by atoms with Gasteiger partial charge in [0.05, 0.1) is 6.10 Å². The smallest absolute Gasteiger partial charge is 0.133 e. The third-order valence-electron chi connectivity index (χ3n) is 3.92. The summed E-state index contributed by atoms with van der Waals surface area (Å²) in [6.45, 7) is 5.90. The van der Waals surface area contributed by atoms with E-state index in [9.17, 15) is 5.11 Å². The van der Waals surface area contributed by atoms with Gasteiger partial charge in [-0.15, -0.1) is 0 Å². The third-order valence-corrected chi connectivity index (χ3v) is 3.92. The predicted molar refractivity (Wildman–Crippen MR) is 73.7 cm³/mol. The summed E-state index contributed by atoms with van der Waals surface area (Å²) < 4.78 is 0. The highest BCUT2D eigenvalue weighted by molar-refractivity contribution is 5.49. The van der Waals surface area contributed by atoms with Crippen LogP contribution in [0.2, 0.25) is 0 Å². The zero-order chi connectivity index (χ0) is 13.1. The second-order valence-electron chi connectivity index (χ2n) is 5.16. The number of rotatable bonds is 4. The molecule has 4 heteroatoms. The van der Waals surface area contributed by atoms with E-state index in [1.807, 2.05) is 26.2 Å². The van der Waals surface area contributed by atoms with Gasteiger partial charge in [-0.05, 0) is 33.4 Å².